The summed E-state index contributed by atoms with van der Waals surface area (Å²) in [6.45, 7) is 22.6. The smallest absolute Gasteiger partial charge is 0.193 e. The third-order valence-electron chi connectivity index (χ3n) is 5.53. The van der Waals surface area contributed by atoms with Crippen LogP contribution in [0.15, 0.2) is 0 Å². The number of hydroxylamine groups is 1. The fraction of sp³-hybridized carbons (Fsp3) is 0.938. The van der Waals surface area contributed by atoms with Gasteiger partial charge in [0.2, 0.25) is 0 Å². The van der Waals surface area contributed by atoms with E-state index in [2.05, 4.69) is 67.7 Å². The van der Waals surface area contributed by atoms with E-state index in [-0.39, 0.29) is 22.3 Å². The third kappa shape index (κ3) is 4.43. The molecule has 22 heavy (non-hydrogen) atoms. The molecule has 1 heterocycles. The number of hydrogen-bond acceptors (Lipinski definition) is 3. The molecular weight excluding hydrogens is 310 g/mol. The molecule has 1 aliphatic heterocycles. The molecule has 0 N–H and O–H groups in total. The Labute approximate surface area is 138 Å². The Morgan fingerprint density at radius 3 is 1.73 bits per heavy atom. The van der Waals surface area contributed by atoms with E-state index in [1.807, 2.05) is 0 Å². The van der Waals surface area contributed by atoms with Crippen molar-refractivity contribution < 1.29 is 13.6 Å². The van der Waals surface area contributed by atoms with Gasteiger partial charge in [0, 0.05) is 0 Å². The third-order valence-corrected chi connectivity index (χ3v) is 14.5. The van der Waals surface area contributed by atoms with Crippen LogP contribution in [-0.4, -0.2) is 46.3 Å². The van der Waals surface area contributed by atoms with Crippen LogP contribution >= 0.6 is 0 Å². The van der Waals surface area contributed by atoms with Crippen LogP contribution in [-0.2, 0) is 8.85 Å². The van der Waals surface area contributed by atoms with Crippen LogP contribution < -0.4 is 0 Å². The summed E-state index contributed by atoms with van der Waals surface area (Å²) in [5, 5.41) is 12.1. The molecule has 0 amide bonds. The number of hydrogen-bond donors (Lipinski definition) is 0. The highest BCUT2D eigenvalue weighted by atomic mass is 28.4. The maximum Gasteiger partial charge on any atom is 0.193 e. The van der Waals surface area contributed by atoms with E-state index >= 15 is 0 Å². The average Bonchev–Trinajstić information content (AvgIpc) is 2.53. The minimum Gasteiger partial charge on any atom is -0.624 e. The molecule has 0 radical (unpaired) electrons. The van der Waals surface area contributed by atoms with Gasteiger partial charge in [0.25, 0.3) is 0 Å². The molecule has 0 saturated carbocycles. The van der Waals surface area contributed by atoms with Crippen molar-refractivity contribution in [2.75, 3.05) is 6.54 Å². The first-order valence-corrected chi connectivity index (χ1v) is 14.0. The van der Waals surface area contributed by atoms with Gasteiger partial charge in [-0.15, -0.1) is 0 Å². The van der Waals surface area contributed by atoms with E-state index in [4.69, 9.17) is 8.85 Å². The highest BCUT2D eigenvalue weighted by Crippen LogP contribution is 2.40. The first kappa shape index (κ1) is 19.9. The molecule has 0 unspecified atom stereocenters. The van der Waals surface area contributed by atoms with Crippen molar-refractivity contribution in [3.63, 3.8) is 0 Å². The maximum atomic E-state index is 11.9. The lowest BCUT2D eigenvalue weighted by atomic mass is 10.2. The van der Waals surface area contributed by atoms with E-state index in [1.54, 1.807) is 6.21 Å². The lowest BCUT2D eigenvalue weighted by molar-refractivity contribution is -0.451. The van der Waals surface area contributed by atoms with Crippen LogP contribution in [0.4, 0.5) is 0 Å². The standard InChI is InChI=1S/C16H35NO3Si2/c1-15(2,3)21(7,8)19-13-11-17(18)12-14(13)20-22(9,10)16(4,5)6/h11,13-14H,12H2,1-10H3/t13-,14-/m1/s1. The zero-order valence-electron chi connectivity index (χ0n) is 16.1. The lowest BCUT2D eigenvalue weighted by Gasteiger charge is -2.41. The van der Waals surface area contributed by atoms with Crippen molar-refractivity contribution in [3.05, 3.63) is 5.21 Å². The fourth-order valence-corrected chi connectivity index (χ4v) is 4.45. The summed E-state index contributed by atoms with van der Waals surface area (Å²) in [5.74, 6) is 0. The Balaban J connectivity index is 2.90. The highest BCUT2D eigenvalue weighted by Gasteiger charge is 2.47. The molecule has 6 heteroatoms. The predicted octanol–water partition coefficient (Wildman–Crippen LogP) is 4.36. The van der Waals surface area contributed by atoms with E-state index in [9.17, 15) is 5.21 Å². The second-order valence-corrected chi connectivity index (χ2v) is 19.0. The maximum absolute atomic E-state index is 11.9. The molecule has 0 fully saturated rings. The van der Waals surface area contributed by atoms with E-state index in [0.29, 0.717) is 6.54 Å². The van der Waals surface area contributed by atoms with Gasteiger partial charge in [-0.3, -0.25) is 0 Å². The zero-order chi connectivity index (χ0) is 17.6. The van der Waals surface area contributed by atoms with E-state index in [1.165, 1.54) is 0 Å². The van der Waals surface area contributed by atoms with Crippen molar-refractivity contribution in [3.8, 4) is 0 Å². The second kappa shape index (κ2) is 6.03. The van der Waals surface area contributed by atoms with Crippen molar-refractivity contribution in [1.29, 1.82) is 0 Å². The molecule has 0 aromatic rings. The molecule has 130 valence electrons. The zero-order valence-corrected chi connectivity index (χ0v) is 18.1. The molecule has 1 rings (SSSR count). The quantitative estimate of drug-likeness (QED) is 0.432. The normalized spacial score (nSPS) is 24.5. The van der Waals surface area contributed by atoms with E-state index < -0.39 is 16.6 Å². The fourth-order valence-electron chi connectivity index (χ4n) is 1.88. The molecule has 0 aromatic heterocycles. The van der Waals surface area contributed by atoms with E-state index in [0.717, 1.165) is 4.74 Å². The second-order valence-electron chi connectivity index (χ2n) is 9.51. The summed E-state index contributed by atoms with van der Waals surface area (Å²) < 4.78 is 13.9. The largest absolute Gasteiger partial charge is 0.624 e. The van der Waals surface area contributed by atoms with Gasteiger partial charge in [0.15, 0.2) is 35.5 Å². The summed E-state index contributed by atoms with van der Waals surface area (Å²) in [6, 6.07) is 0. The van der Waals surface area contributed by atoms with Crippen molar-refractivity contribution in [1.82, 2.24) is 0 Å². The molecule has 0 aromatic carbocycles. The Bertz CT molecular complexity index is 434. The first-order valence-electron chi connectivity index (χ1n) is 8.21. The molecule has 0 spiro atoms. The van der Waals surface area contributed by atoms with Gasteiger partial charge < -0.3 is 14.1 Å². The highest BCUT2D eigenvalue weighted by molar-refractivity contribution is 6.74. The van der Waals surface area contributed by atoms with Gasteiger partial charge in [-0.2, -0.15) is 0 Å². The van der Waals surface area contributed by atoms with Crippen LogP contribution in [0.25, 0.3) is 0 Å². The number of nitrogens with zero attached hydrogens (tertiary/aromatic N) is 1. The van der Waals surface area contributed by atoms with Gasteiger partial charge in [0.1, 0.15) is 6.10 Å². The Hall–Kier alpha value is -0.176. The van der Waals surface area contributed by atoms with Gasteiger partial charge in [-0.1, -0.05) is 41.5 Å². The van der Waals surface area contributed by atoms with Crippen molar-refractivity contribution >= 4 is 22.8 Å². The summed E-state index contributed by atoms with van der Waals surface area (Å²) >= 11 is 0. The van der Waals surface area contributed by atoms with Gasteiger partial charge >= 0.3 is 0 Å². The van der Waals surface area contributed by atoms with Crippen LogP contribution in [0.1, 0.15) is 41.5 Å². The monoisotopic (exact) mass is 345 g/mol. The van der Waals surface area contributed by atoms with Gasteiger partial charge in [-0.05, 0) is 36.3 Å². The van der Waals surface area contributed by atoms with Crippen LogP contribution in [0, 0.1) is 5.21 Å². The summed E-state index contributed by atoms with van der Waals surface area (Å²) in [7, 11) is -3.84. The molecule has 0 aliphatic carbocycles. The van der Waals surface area contributed by atoms with Gasteiger partial charge in [-0.25, -0.2) is 4.74 Å². The molecule has 0 saturated heterocycles. The summed E-state index contributed by atoms with van der Waals surface area (Å²) in [6.07, 6.45) is 1.30. The summed E-state index contributed by atoms with van der Waals surface area (Å²) in [5.41, 5.74) is 0. The molecular formula is C16H35NO3Si2. The predicted molar refractivity (Wildman–Crippen MR) is 98.7 cm³/mol. The topological polar surface area (TPSA) is 44.5 Å². The van der Waals surface area contributed by atoms with Crippen molar-refractivity contribution in [2.45, 2.75) is 90.0 Å². The molecule has 1 aliphatic rings. The van der Waals surface area contributed by atoms with Crippen molar-refractivity contribution in [2.24, 2.45) is 0 Å². The Morgan fingerprint density at radius 2 is 1.32 bits per heavy atom. The van der Waals surface area contributed by atoms with Crippen LogP contribution in [0.5, 0.6) is 0 Å². The van der Waals surface area contributed by atoms with Crippen LogP contribution in [0.3, 0.4) is 0 Å². The Morgan fingerprint density at radius 1 is 0.909 bits per heavy atom. The number of rotatable bonds is 4. The summed E-state index contributed by atoms with van der Waals surface area (Å²) in [4.78, 5) is 0. The SMILES string of the molecule is CC(C)(C)[Si](C)(C)O[C@@H]1C=[N+]([O-])C[C@H]1O[Si](C)(C)C(C)(C)C. The van der Waals surface area contributed by atoms with Gasteiger partial charge in [0.05, 0.1) is 0 Å². The first-order chi connectivity index (χ1) is 9.57. The minimum atomic E-state index is -1.92. The Kier molecular flexibility index (Phi) is 5.45. The minimum absolute atomic E-state index is 0.124. The molecule has 4 nitrogen and oxygen atoms in total. The molecule has 0 bridgehead atoms. The van der Waals surface area contributed by atoms with Crippen LogP contribution in [0.2, 0.25) is 36.3 Å². The lowest BCUT2D eigenvalue weighted by Crippen LogP contribution is -2.51. The molecule has 2 atom stereocenters. The average molecular weight is 346 g/mol.